The van der Waals surface area contributed by atoms with Crippen molar-refractivity contribution in [1.82, 2.24) is 4.98 Å². The molecule has 4 nitrogen and oxygen atoms in total. The van der Waals surface area contributed by atoms with Crippen LogP contribution in [-0.2, 0) is 15.3 Å². The third kappa shape index (κ3) is 2.88. The van der Waals surface area contributed by atoms with Gasteiger partial charge in [-0.1, -0.05) is 20.8 Å². The number of rotatable bonds is 2. The summed E-state index contributed by atoms with van der Waals surface area (Å²) in [6.45, 7) is 6.38. The number of pyridine rings is 1. The van der Waals surface area contributed by atoms with E-state index in [1.165, 1.54) is 6.26 Å². The van der Waals surface area contributed by atoms with Crippen molar-refractivity contribution in [2.24, 2.45) is 0 Å². The first kappa shape index (κ1) is 14.2. The lowest BCUT2D eigenvalue weighted by Crippen LogP contribution is -2.48. The molecule has 0 atom stereocenters. The first-order valence-electron chi connectivity index (χ1n) is 6.18. The molecule has 1 aromatic rings. The molecule has 1 fully saturated rings. The van der Waals surface area contributed by atoms with Crippen molar-refractivity contribution in [3.8, 4) is 0 Å². The Morgan fingerprint density at radius 3 is 2.37 bits per heavy atom. The van der Waals surface area contributed by atoms with E-state index in [0.29, 0.717) is 24.5 Å². The summed E-state index contributed by atoms with van der Waals surface area (Å²) in [6, 6.07) is 1.61. The molecule has 0 spiro atoms. The average Bonchev–Trinajstić information content (AvgIpc) is 2.21. The van der Waals surface area contributed by atoms with Crippen LogP contribution in [0.2, 0.25) is 0 Å². The zero-order valence-electron chi connectivity index (χ0n) is 11.6. The molecule has 2 rings (SSSR count). The van der Waals surface area contributed by atoms with E-state index in [0.717, 1.165) is 0 Å². The molecular weight excluding hydrogens is 267 g/mol. The van der Waals surface area contributed by atoms with E-state index >= 15 is 0 Å². The van der Waals surface area contributed by atoms with Gasteiger partial charge in [0.15, 0.2) is 9.84 Å². The summed E-state index contributed by atoms with van der Waals surface area (Å²) >= 11 is 0. The molecule has 19 heavy (non-hydrogen) atoms. The second-order valence-electron chi connectivity index (χ2n) is 6.06. The Hall–Kier alpha value is -1.17. The molecule has 0 aromatic carbocycles. The van der Waals surface area contributed by atoms with Crippen LogP contribution in [0.5, 0.6) is 0 Å². The van der Waals surface area contributed by atoms with Crippen LogP contribution in [0.4, 0.5) is 10.1 Å². The molecule has 0 N–H and O–H groups in total. The average molecular weight is 286 g/mol. The molecule has 0 saturated carbocycles. The van der Waals surface area contributed by atoms with Crippen molar-refractivity contribution < 1.29 is 12.8 Å². The van der Waals surface area contributed by atoms with Crippen molar-refractivity contribution in [3.05, 3.63) is 18.0 Å². The predicted octanol–water partition coefficient (Wildman–Crippen LogP) is 1.94. The Morgan fingerprint density at radius 2 is 1.95 bits per heavy atom. The number of hydrogen-bond acceptors (Lipinski definition) is 4. The van der Waals surface area contributed by atoms with Gasteiger partial charge in [0.25, 0.3) is 0 Å². The van der Waals surface area contributed by atoms with Gasteiger partial charge in [0, 0.05) is 11.7 Å². The standard InChI is InChI=1S/C13H19FN2O2S/c1-13(2,3)12-11(19(4,17)18)5-10(6-15-12)16-7-9(14)8-16/h5-6,9H,7-8H2,1-4H3. The van der Waals surface area contributed by atoms with Crippen molar-refractivity contribution in [2.75, 3.05) is 24.2 Å². The lowest BCUT2D eigenvalue weighted by atomic mass is 9.91. The topological polar surface area (TPSA) is 50.3 Å². The zero-order chi connectivity index (χ0) is 14.4. The zero-order valence-corrected chi connectivity index (χ0v) is 12.5. The van der Waals surface area contributed by atoms with Gasteiger partial charge in [-0.3, -0.25) is 4.98 Å². The Balaban J connectivity index is 2.49. The number of sulfone groups is 1. The van der Waals surface area contributed by atoms with E-state index in [1.54, 1.807) is 17.2 Å². The van der Waals surface area contributed by atoms with E-state index < -0.39 is 16.0 Å². The minimum absolute atomic E-state index is 0.236. The number of hydrogen-bond donors (Lipinski definition) is 0. The predicted molar refractivity (Wildman–Crippen MR) is 73.2 cm³/mol. The lowest BCUT2D eigenvalue weighted by molar-refractivity contribution is 0.274. The molecule has 106 valence electrons. The van der Waals surface area contributed by atoms with Gasteiger partial charge in [-0.15, -0.1) is 0 Å². The van der Waals surface area contributed by atoms with E-state index in [2.05, 4.69) is 4.98 Å². The summed E-state index contributed by atoms with van der Waals surface area (Å²) in [5.74, 6) is 0. The first-order valence-corrected chi connectivity index (χ1v) is 8.08. The van der Waals surface area contributed by atoms with Gasteiger partial charge in [0.1, 0.15) is 6.17 Å². The van der Waals surface area contributed by atoms with Gasteiger partial charge >= 0.3 is 0 Å². The van der Waals surface area contributed by atoms with Crippen molar-refractivity contribution in [1.29, 1.82) is 0 Å². The van der Waals surface area contributed by atoms with Gasteiger partial charge < -0.3 is 4.90 Å². The summed E-state index contributed by atoms with van der Waals surface area (Å²) in [4.78, 5) is 6.33. The van der Waals surface area contributed by atoms with Gasteiger partial charge in [-0.05, 0) is 6.07 Å². The molecule has 2 heterocycles. The highest BCUT2D eigenvalue weighted by Crippen LogP contribution is 2.31. The summed E-state index contributed by atoms with van der Waals surface area (Å²) in [5, 5.41) is 0. The van der Waals surface area contributed by atoms with Gasteiger partial charge in [0.2, 0.25) is 0 Å². The van der Waals surface area contributed by atoms with Crippen LogP contribution in [0.3, 0.4) is 0 Å². The van der Waals surface area contributed by atoms with Crippen LogP contribution < -0.4 is 4.90 Å². The Kier molecular flexibility index (Phi) is 3.33. The van der Waals surface area contributed by atoms with E-state index in [4.69, 9.17) is 0 Å². The second-order valence-corrected chi connectivity index (χ2v) is 8.05. The molecule has 0 amide bonds. The smallest absolute Gasteiger partial charge is 0.177 e. The summed E-state index contributed by atoms with van der Waals surface area (Å²) in [7, 11) is -3.35. The highest BCUT2D eigenvalue weighted by atomic mass is 32.2. The molecule has 0 unspecified atom stereocenters. The van der Waals surface area contributed by atoms with Gasteiger partial charge in [-0.2, -0.15) is 0 Å². The molecule has 6 heteroatoms. The van der Waals surface area contributed by atoms with Gasteiger partial charge in [0.05, 0.1) is 35.6 Å². The molecule has 0 bridgehead atoms. The Bertz CT molecular complexity index is 587. The normalized spacial score (nSPS) is 17.4. The molecule has 1 aromatic heterocycles. The van der Waals surface area contributed by atoms with Gasteiger partial charge in [-0.25, -0.2) is 12.8 Å². The van der Waals surface area contributed by atoms with Crippen LogP contribution in [-0.4, -0.2) is 38.9 Å². The molecule has 0 radical (unpaired) electrons. The quantitative estimate of drug-likeness (QED) is 0.833. The maximum Gasteiger partial charge on any atom is 0.177 e. The minimum Gasteiger partial charge on any atom is -0.364 e. The summed E-state index contributed by atoms with van der Waals surface area (Å²) in [5.41, 5.74) is 0.868. The maximum atomic E-state index is 12.9. The SMILES string of the molecule is CC(C)(C)c1ncc(N2CC(F)C2)cc1S(C)(=O)=O. The van der Waals surface area contributed by atoms with Crippen LogP contribution in [0.15, 0.2) is 17.2 Å². The van der Waals surface area contributed by atoms with Crippen molar-refractivity contribution >= 4 is 15.5 Å². The second kappa shape index (κ2) is 4.44. The summed E-state index contributed by atoms with van der Waals surface area (Å²) in [6.07, 6.45) is 1.97. The van der Waals surface area contributed by atoms with E-state index in [1.807, 2.05) is 20.8 Å². The van der Waals surface area contributed by atoms with Crippen LogP contribution in [0.1, 0.15) is 26.5 Å². The van der Waals surface area contributed by atoms with Crippen LogP contribution >= 0.6 is 0 Å². The number of anilines is 1. The molecular formula is C13H19FN2O2S. The van der Waals surface area contributed by atoms with Crippen molar-refractivity contribution in [3.63, 3.8) is 0 Å². The summed E-state index contributed by atoms with van der Waals surface area (Å²) < 4.78 is 36.7. The molecule has 0 aliphatic carbocycles. The fraction of sp³-hybridized carbons (Fsp3) is 0.615. The highest BCUT2D eigenvalue weighted by molar-refractivity contribution is 7.90. The lowest BCUT2D eigenvalue weighted by Gasteiger charge is -2.36. The number of alkyl halides is 1. The molecule has 1 aliphatic heterocycles. The maximum absolute atomic E-state index is 12.9. The fourth-order valence-corrected chi connectivity index (χ4v) is 3.13. The third-order valence-electron chi connectivity index (χ3n) is 3.15. The highest BCUT2D eigenvalue weighted by Gasteiger charge is 2.30. The third-order valence-corrected chi connectivity index (χ3v) is 4.26. The largest absolute Gasteiger partial charge is 0.364 e. The Labute approximate surface area is 113 Å². The minimum atomic E-state index is -3.35. The monoisotopic (exact) mass is 286 g/mol. The number of halogens is 1. The van der Waals surface area contributed by atoms with E-state index in [9.17, 15) is 12.8 Å². The fourth-order valence-electron chi connectivity index (χ4n) is 2.09. The van der Waals surface area contributed by atoms with Crippen LogP contribution in [0, 0.1) is 0 Å². The number of nitrogens with zero attached hydrogens (tertiary/aromatic N) is 2. The van der Waals surface area contributed by atoms with Crippen molar-refractivity contribution in [2.45, 2.75) is 37.3 Å². The first-order chi connectivity index (χ1) is 8.59. The molecule has 1 saturated heterocycles. The molecule has 1 aliphatic rings. The van der Waals surface area contributed by atoms with Crippen LogP contribution in [0.25, 0.3) is 0 Å². The van der Waals surface area contributed by atoms with E-state index in [-0.39, 0.29) is 10.3 Å². The number of aromatic nitrogens is 1. The Morgan fingerprint density at radius 1 is 1.37 bits per heavy atom.